The standard InChI is InChI=1S/C24H25O5P/c25-24(20-11-4-1-5-12-20)18-10-17-23(19-24)29-30(26,27-21-13-6-2-7-14-21)28-22-15-8-3-9-16-22/h1-9,11-16,23,25H,10,17-19H2. The second kappa shape index (κ2) is 9.05. The fourth-order valence-corrected chi connectivity index (χ4v) is 5.20. The molecule has 3 aromatic carbocycles. The van der Waals surface area contributed by atoms with Gasteiger partial charge in [0.1, 0.15) is 11.5 Å². The van der Waals surface area contributed by atoms with E-state index in [4.69, 9.17) is 13.6 Å². The van der Waals surface area contributed by atoms with Crippen LogP contribution in [0, 0.1) is 0 Å². The average Bonchev–Trinajstić information content (AvgIpc) is 2.75. The summed E-state index contributed by atoms with van der Waals surface area (Å²) in [4.78, 5) is 0. The summed E-state index contributed by atoms with van der Waals surface area (Å²) in [6, 6.07) is 27.2. The Balaban J connectivity index is 1.55. The molecule has 2 unspecified atom stereocenters. The zero-order valence-electron chi connectivity index (χ0n) is 16.6. The maximum Gasteiger partial charge on any atom is 0.587 e. The minimum Gasteiger partial charge on any atom is -0.395 e. The van der Waals surface area contributed by atoms with Gasteiger partial charge < -0.3 is 14.2 Å². The van der Waals surface area contributed by atoms with Gasteiger partial charge in [0.05, 0.1) is 11.7 Å². The van der Waals surface area contributed by atoms with Gasteiger partial charge in [-0.3, -0.25) is 4.52 Å². The normalized spacial score (nSPS) is 21.7. The van der Waals surface area contributed by atoms with Crippen LogP contribution in [0.5, 0.6) is 11.5 Å². The summed E-state index contributed by atoms with van der Waals surface area (Å²) in [6.45, 7) is 0. The van der Waals surface area contributed by atoms with Crippen LogP contribution in [-0.4, -0.2) is 11.2 Å². The average molecular weight is 424 g/mol. The molecular formula is C24H25O5P. The monoisotopic (exact) mass is 424 g/mol. The first kappa shape index (κ1) is 20.7. The molecule has 0 radical (unpaired) electrons. The highest BCUT2D eigenvalue weighted by atomic mass is 31.2. The smallest absolute Gasteiger partial charge is 0.395 e. The lowest BCUT2D eigenvalue weighted by Gasteiger charge is -2.37. The lowest BCUT2D eigenvalue weighted by molar-refractivity contribution is -0.0471. The van der Waals surface area contributed by atoms with Gasteiger partial charge in [0.15, 0.2) is 0 Å². The predicted octanol–water partition coefficient (Wildman–Crippen LogP) is 6.10. The molecule has 5 nitrogen and oxygen atoms in total. The largest absolute Gasteiger partial charge is 0.587 e. The highest BCUT2D eigenvalue weighted by molar-refractivity contribution is 7.49. The molecule has 0 heterocycles. The number of rotatable bonds is 7. The van der Waals surface area contributed by atoms with Crippen molar-refractivity contribution >= 4 is 7.82 Å². The van der Waals surface area contributed by atoms with Crippen molar-refractivity contribution in [1.29, 1.82) is 0 Å². The molecule has 0 bridgehead atoms. The molecule has 0 spiro atoms. The van der Waals surface area contributed by atoms with Crippen LogP contribution in [0.2, 0.25) is 0 Å². The summed E-state index contributed by atoms with van der Waals surface area (Å²) < 4.78 is 31.0. The van der Waals surface area contributed by atoms with E-state index < -0.39 is 19.5 Å². The van der Waals surface area contributed by atoms with Gasteiger partial charge in [0, 0.05) is 6.42 Å². The molecular weight excluding hydrogens is 399 g/mol. The van der Waals surface area contributed by atoms with E-state index in [-0.39, 0.29) is 0 Å². The third kappa shape index (κ3) is 5.11. The Labute approximate surface area is 176 Å². The number of aliphatic hydroxyl groups is 1. The van der Waals surface area contributed by atoms with Crippen molar-refractivity contribution in [3.63, 3.8) is 0 Å². The molecule has 0 aliphatic heterocycles. The van der Waals surface area contributed by atoms with Crippen LogP contribution >= 0.6 is 7.82 Å². The summed E-state index contributed by atoms with van der Waals surface area (Å²) in [5, 5.41) is 11.2. The van der Waals surface area contributed by atoms with Crippen LogP contribution < -0.4 is 9.05 Å². The summed E-state index contributed by atoms with van der Waals surface area (Å²) >= 11 is 0. The molecule has 30 heavy (non-hydrogen) atoms. The van der Waals surface area contributed by atoms with Crippen LogP contribution in [0.15, 0.2) is 91.0 Å². The van der Waals surface area contributed by atoms with Gasteiger partial charge >= 0.3 is 7.82 Å². The lowest BCUT2D eigenvalue weighted by Crippen LogP contribution is -2.36. The predicted molar refractivity (Wildman–Crippen MR) is 115 cm³/mol. The van der Waals surface area contributed by atoms with Gasteiger partial charge in [-0.05, 0) is 49.1 Å². The quantitative estimate of drug-likeness (QED) is 0.464. The lowest BCUT2D eigenvalue weighted by atomic mass is 9.78. The number of para-hydroxylation sites is 2. The zero-order chi connectivity index (χ0) is 20.9. The molecule has 2 atom stereocenters. The van der Waals surface area contributed by atoms with Crippen LogP contribution in [0.1, 0.15) is 31.2 Å². The Kier molecular flexibility index (Phi) is 6.24. The molecule has 0 aromatic heterocycles. The van der Waals surface area contributed by atoms with E-state index in [1.807, 2.05) is 42.5 Å². The van der Waals surface area contributed by atoms with Crippen molar-refractivity contribution in [2.24, 2.45) is 0 Å². The Morgan fingerprint density at radius 3 is 1.83 bits per heavy atom. The van der Waals surface area contributed by atoms with Crippen LogP contribution in [0.3, 0.4) is 0 Å². The van der Waals surface area contributed by atoms with Gasteiger partial charge in [-0.15, -0.1) is 0 Å². The molecule has 1 aliphatic rings. The maximum absolute atomic E-state index is 13.6. The summed E-state index contributed by atoms with van der Waals surface area (Å²) in [7, 11) is -3.99. The van der Waals surface area contributed by atoms with Gasteiger partial charge in [-0.1, -0.05) is 66.7 Å². The van der Waals surface area contributed by atoms with Crippen molar-refractivity contribution < 1.29 is 23.2 Å². The van der Waals surface area contributed by atoms with Crippen LogP contribution in [0.25, 0.3) is 0 Å². The molecule has 1 saturated carbocycles. The van der Waals surface area contributed by atoms with Crippen molar-refractivity contribution in [3.05, 3.63) is 96.6 Å². The van der Waals surface area contributed by atoms with Crippen molar-refractivity contribution in [2.45, 2.75) is 37.4 Å². The Morgan fingerprint density at radius 2 is 1.30 bits per heavy atom. The highest BCUT2D eigenvalue weighted by Crippen LogP contribution is 2.53. The first-order valence-corrected chi connectivity index (χ1v) is 11.6. The van der Waals surface area contributed by atoms with Crippen molar-refractivity contribution in [3.8, 4) is 11.5 Å². The minimum atomic E-state index is -3.99. The van der Waals surface area contributed by atoms with Gasteiger partial charge in [0.2, 0.25) is 0 Å². The maximum atomic E-state index is 13.6. The Morgan fingerprint density at radius 1 is 0.800 bits per heavy atom. The number of hydrogen-bond donors (Lipinski definition) is 1. The molecule has 3 aromatic rings. The minimum absolute atomic E-state index is 0.317. The molecule has 0 saturated heterocycles. The number of hydrogen-bond acceptors (Lipinski definition) is 5. The molecule has 1 fully saturated rings. The molecule has 156 valence electrons. The van der Waals surface area contributed by atoms with Gasteiger partial charge in [-0.25, -0.2) is 4.57 Å². The second-order valence-corrected chi connectivity index (χ2v) is 8.95. The number of phosphoric acid groups is 1. The zero-order valence-corrected chi connectivity index (χ0v) is 17.5. The second-order valence-electron chi connectivity index (χ2n) is 7.48. The van der Waals surface area contributed by atoms with Crippen molar-refractivity contribution in [2.75, 3.05) is 0 Å². The van der Waals surface area contributed by atoms with Gasteiger partial charge in [-0.2, -0.15) is 0 Å². The first-order chi connectivity index (χ1) is 14.5. The van der Waals surface area contributed by atoms with Crippen LogP contribution in [0.4, 0.5) is 0 Å². The highest BCUT2D eigenvalue weighted by Gasteiger charge is 2.42. The van der Waals surface area contributed by atoms with Crippen LogP contribution in [-0.2, 0) is 14.7 Å². The third-order valence-corrected chi connectivity index (χ3v) is 6.62. The topological polar surface area (TPSA) is 65.0 Å². The fourth-order valence-electron chi connectivity index (χ4n) is 3.77. The SMILES string of the molecule is O=P(Oc1ccccc1)(Oc1ccccc1)OC1CCCC(O)(c2ccccc2)C1. The molecule has 0 amide bonds. The Hall–Kier alpha value is -2.59. The van der Waals surface area contributed by atoms with E-state index in [2.05, 4.69) is 0 Å². The fraction of sp³-hybridized carbons (Fsp3) is 0.250. The van der Waals surface area contributed by atoms with E-state index >= 15 is 0 Å². The third-order valence-electron chi connectivity index (χ3n) is 5.19. The summed E-state index contributed by atoms with van der Waals surface area (Å²) in [5.41, 5.74) is -0.199. The van der Waals surface area contributed by atoms with E-state index in [1.54, 1.807) is 48.5 Å². The van der Waals surface area contributed by atoms with E-state index in [1.165, 1.54) is 0 Å². The summed E-state index contributed by atoms with van der Waals surface area (Å²) in [6.07, 6.45) is 1.88. The van der Waals surface area contributed by atoms with E-state index in [9.17, 15) is 9.67 Å². The first-order valence-electron chi connectivity index (χ1n) is 10.1. The summed E-state index contributed by atoms with van der Waals surface area (Å²) in [5.74, 6) is 0.789. The number of phosphoric ester groups is 1. The van der Waals surface area contributed by atoms with Gasteiger partial charge in [0.25, 0.3) is 0 Å². The Bertz CT molecular complexity index is 935. The van der Waals surface area contributed by atoms with E-state index in [0.29, 0.717) is 30.8 Å². The molecule has 4 rings (SSSR count). The molecule has 6 heteroatoms. The molecule has 1 N–H and O–H groups in total. The number of benzene rings is 3. The molecule has 1 aliphatic carbocycles. The van der Waals surface area contributed by atoms with Crippen molar-refractivity contribution in [1.82, 2.24) is 0 Å². The van der Waals surface area contributed by atoms with E-state index in [0.717, 1.165) is 12.0 Å².